The number of fused-ring (bicyclic) bond motifs is 1. The number of amides is 1. The fourth-order valence-electron chi connectivity index (χ4n) is 4.68. The van der Waals surface area contributed by atoms with Gasteiger partial charge < -0.3 is 19.0 Å². The van der Waals surface area contributed by atoms with Gasteiger partial charge in [0.2, 0.25) is 5.78 Å². The highest BCUT2D eigenvalue weighted by Gasteiger charge is 2.45. The summed E-state index contributed by atoms with van der Waals surface area (Å²) in [5, 5.41) is 11.9. The quantitative estimate of drug-likeness (QED) is 0.213. The highest BCUT2D eigenvalue weighted by Crippen LogP contribution is 2.43. The summed E-state index contributed by atoms with van der Waals surface area (Å²) in [7, 11) is 1.45. The third-order valence-corrected chi connectivity index (χ3v) is 6.59. The number of aliphatic hydroxyl groups is 1. The van der Waals surface area contributed by atoms with Gasteiger partial charge in [0.05, 0.1) is 31.2 Å². The van der Waals surface area contributed by atoms with Gasteiger partial charge in [-0.2, -0.15) is 0 Å². The van der Waals surface area contributed by atoms with Crippen LogP contribution in [0.25, 0.3) is 11.0 Å². The van der Waals surface area contributed by atoms with Crippen molar-refractivity contribution in [2.75, 3.05) is 12.0 Å². The van der Waals surface area contributed by atoms with Crippen LogP contribution in [0.1, 0.15) is 41.6 Å². The molecule has 1 unspecified atom stereocenters. The second kappa shape index (κ2) is 10.9. The lowest BCUT2D eigenvalue weighted by molar-refractivity contribution is -0.146. The molecule has 204 valence electrons. The monoisotopic (exact) mass is 560 g/mol. The fourth-order valence-corrected chi connectivity index (χ4v) is 4.90. The molecule has 1 aliphatic heterocycles. The van der Waals surface area contributed by atoms with Crippen molar-refractivity contribution in [3.05, 3.63) is 100 Å². The van der Waals surface area contributed by atoms with E-state index in [-0.39, 0.29) is 29.8 Å². The highest BCUT2D eigenvalue weighted by atomic mass is 35.5. The zero-order valence-corrected chi connectivity index (χ0v) is 22.6. The normalized spacial score (nSPS) is 15.3. The third kappa shape index (κ3) is 5.03. The maximum Gasteiger partial charge on any atom is 0.310 e. The standard InChI is InChI=1S/C30H25ClN2O7/c1-16(2)39-24(34)11-17-6-8-21(9-7-17)33-26(18-5-4-10-32-15-18)25(28(36)30(33)37)27(35)22-13-19-12-20(31)14-23(38-3)29(19)40-22/h4-10,12-16,26,36H,11H2,1-3H3. The van der Waals surface area contributed by atoms with Crippen LogP contribution in [-0.4, -0.2) is 41.0 Å². The van der Waals surface area contributed by atoms with Crippen molar-refractivity contribution in [1.82, 2.24) is 4.98 Å². The first-order chi connectivity index (χ1) is 19.2. The van der Waals surface area contributed by atoms with E-state index in [1.165, 1.54) is 24.3 Å². The molecule has 0 fully saturated rings. The van der Waals surface area contributed by atoms with Crippen molar-refractivity contribution in [2.24, 2.45) is 0 Å². The number of benzene rings is 2. The number of aliphatic hydroxyl groups excluding tert-OH is 1. The van der Waals surface area contributed by atoms with E-state index in [4.69, 9.17) is 25.5 Å². The highest BCUT2D eigenvalue weighted by molar-refractivity contribution is 6.31. The summed E-state index contributed by atoms with van der Waals surface area (Å²) < 4.78 is 16.4. The summed E-state index contributed by atoms with van der Waals surface area (Å²) in [6, 6.07) is 13.7. The molecule has 1 aliphatic rings. The molecular formula is C30H25ClN2O7. The summed E-state index contributed by atoms with van der Waals surface area (Å²) in [5.41, 5.74) is 1.74. The molecule has 40 heavy (non-hydrogen) atoms. The van der Waals surface area contributed by atoms with Crippen LogP contribution in [0.2, 0.25) is 5.02 Å². The fraction of sp³-hybridized carbons (Fsp3) is 0.200. The van der Waals surface area contributed by atoms with Crippen LogP contribution >= 0.6 is 11.6 Å². The molecule has 2 aromatic carbocycles. The summed E-state index contributed by atoms with van der Waals surface area (Å²) >= 11 is 6.17. The van der Waals surface area contributed by atoms with Crippen molar-refractivity contribution >= 4 is 45.9 Å². The lowest BCUT2D eigenvalue weighted by Crippen LogP contribution is -2.31. The zero-order chi connectivity index (χ0) is 28.6. The Hall–Kier alpha value is -4.63. The van der Waals surface area contributed by atoms with Gasteiger partial charge in [-0.3, -0.25) is 24.3 Å². The van der Waals surface area contributed by atoms with Crippen LogP contribution in [-0.2, 0) is 20.7 Å². The number of esters is 1. The minimum atomic E-state index is -0.996. The van der Waals surface area contributed by atoms with E-state index in [0.717, 1.165) is 0 Å². The van der Waals surface area contributed by atoms with Gasteiger partial charge in [-0.05, 0) is 55.3 Å². The van der Waals surface area contributed by atoms with Crippen LogP contribution in [0.3, 0.4) is 0 Å². The molecule has 1 amide bonds. The molecule has 1 N–H and O–H groups in total. The average molecular weight is 561 g/mol. The number of carbonyl (C=O) groups is 3. The molecule has 0 saturated carbocycles. The smallest absolute Gasteiger partial charge is 0.310 e. The average Bonchev–Trinajstić information content (AvgIpc) is 3.47. The summed E-state index contributed by atoms with van der Waals surface area (Å²) in [4.78, 5) is 44.8. The molecule has 9 nitrogen and oxygen atoms in total. The van der Waals surface area contributed by atoms with Crippen LogP contribution in [0.4, 0.5) is 5.69 Å². The van der Waals surface area contributed by atoms with E-state index in [9.17, 15) is 19.5 Å². The predicted octanol–water partition coefficient (Wildman–Crippen LogP) is 5.77. The molecule has 2 aromatic heterocycles. The van der Waals surface area contributed by atoms with E-state index in [2.05, 4.69) is 4.98 Å². The van der Waals surface area contributed by atoms with Crippen LogP contribution in [0.5, 0.6) is 5.75 Å². The van der Waals surface area contributed by atoms with Crippen LogP contribution < -0.4 is 9.64 Å². The number of methoxy groups -OCH3 is 1. The van der Waals surface area contributed by atoms with Gasteiger partial charge in [0.1, 0.15) is 0 Å². The zero-order valence-electron chi connectivity index (χ0n) is 21.9. The number of halogens is 1. The maximum absolute atomic E-state index is 13.8. The molecule has 0 aliphatic carbocycles. The number of nitrogens with zero attached hydrogens (tertiary/aromatic N) is 2. The van der Waals surface area contributed by atoms with E-state index in [1.54, 1.807) is 68.6 Å². The minimum Gasteiger partial charge on any atom is -0.503 e. The molecule has 10 heteroatoms. The predicted molar refractivity (Wildman–Crippen MR) is 148 cm³/mol. The number of aromatic nitrogens is 1. The van der Waals surface area contributed by atoms with E-state index in [1.807, 2.05) is 0 Å². The van der Waals surface area contributed by atoms with Crippen molar-refractivity contribution in [2.45, 2.75) is 32.4 Å². The van der Waals surface area contributed by atoms with E-state index < -0.39 is 23.5 Å². The number of hydrogen-bond acceptors (Lipinski definition) is 8. The number of carbonyl (C=O) groups excluding carboxylic acids is 3. The first-order valence-electron chi connectivity index (χ1n) is 12.4. The largest absolute Gasteiger partial charge is 0.503 e. The van der Waals surface area contributed by atoms with Gasteiger partial charge in [-0.1, -0.05) is 29.8 Å². The number of furan rings is 1. The number of hydrogen-bond donors (Lipinski definition) is 1. The van der Waals surface area contributed by atoms with Crippen LogP contribution in [0, 0.1) is 0 Å². The molecule has 0 bridgehead atoms. The van der Waals surface area contributed by atoms with Crippen LogP contribution in [0.15, 0.2) is 82.7 Å². The third-order valence-electron chi connectivity index (χ3n) is 6.37. The Morgan fingerprint density at radius 2 is 1.90 bits per heavy atom. The lowest BCUT2D eigenvalue weighted by atomic mass is 9.95. The molecule has 1 atom stereocenters. The van der Waals surface area contributed by atoms with E-state index >= 15 is 0 Å². The van der Waals surface area contributed by atoms with Gasteiger partial charge in [-0.25, -0.2) is 0 Å². The van der Waals surface area contributed by atoms with Gasteiger partial charge >= 0.3 is 5.97 Å². The number of pyridine rings is 1. The number of ketones is 1. The molecule has 0 radical (unpaired) electrons. The summed E-state index contributed by atoms with van der Waals surface area (Å²) in [6.45, 7) is 3.54. The Labute approximate surface area is 234 Å². The number of rotatable bonds is 8. The Morgan fingerprint density at radius 3 is 2.55 bits per heavy atom. The van der Waals surface area contributed by atoms with Crippen molar-refractivity contribution < 1.29 is 33.4 Å². The Morgan fingerprint density at radius 1 is 1.15 bits per heavy atom. The van der Waals surface area contributed by atoms with E-state index in [0.29, 0.717) is 38.6 Å². The van der Waals surface area contributed by atoms with Gasteiger partial charge in [0.25, 0.3) is 5.91 Å². The first-order valence-corrected chi connectivity index (χ1v) is 12.8. The number of Topliss-reactive ketones (excluding diaryl/α,β-unsaturated/α-hetero) is 1. The molecule has 0 saturated heterocycles. The van der Waals surface area contributed by atoms with Crippen molar-refractivity contribution in [3.63, 3.8) is 0 Å². The molecule has 0 spiro atoms. The first kappa shape index (κ1) is 27.0. The summed E-state index contributed by atoms with van der Waals surface area (Å²) in [6.07, 6.45) is 2.92. The molecular weight excluding hydrogens is 536 g/mol. The molecule has 3 heterocycles. The number of anilines is 1. The van der Waals surface area contributed by atoms with Crippen molar-refractivity contribution in [1.29, 1.82) is 0 Å². The Bertz CT molecular complexity index is 1640. The topological polar surface area (TPSA) is 119 Å². The number of ether oxygens (including phenoxy) is 2. The van der Waals surface area contributed by atoms with Gasteiger partial charge in [-0.15, -0.1) is 0 Å². The van der Waals surface area contributed by atoms with Gasteiger partial charge in [0, 0.05) is 34.6 Å². The Balaban J connectivity index is 1.54. The second-order valence-corrected chi connectivity index (χ2v) is 9.91. The Kier molecular flexibility index (Phi) is 7.32. The van der Waals surface area contributed by atoms with Gasteiger partial charge in [0.15, 0.2) is 22.9 Å². The molecule has 5 rings (SSSR count). The minimum absolute atomic E-state index is 0.0607. The SMILES string of the molecule is COc1cc(Cl)cc2cc(C(=O)C3=C(O)C(=O)N(c4ccc(CC(=O)OC(C)C)cc4)C3c3cccnc3)oc12. The van der Waals surface area contributed by atoms with Crippen molar-refractivity contribution in [3.8, 4) is 5.75 Å². The summed E-state index contributed by atoms with van der Waals surface area (Å²) in [5.74, 6) is -2.27. The second-order valence-electron chi connectivity index (χ2n) is 9.47. The maximum atomic E-state index is 13.8. The lowest BCUT2D eigenvalue weighted by Gasteiger charge is -2.26. The molecule has 4 aromatic rings.